The topological polar surface area (TPSA) is 125 Å². The molecule has 0 aromatic heterocycles. The molecule has 2 rings (SSSR count). The van der Waals surface area contributed by atoms with Crippen molar-refractivity contribution in [3.8, 4) is 0 Å². The largest absolute Gasteiger partial charge is 0.444 e. The van der Waals surface area contributed by atoms with E-state index in [0.29, 0.717) is 11.8 Å². The van der Waals surface area contributed by atoms with Crippen molar-refractivity contribution in [1.82, 2.24) is 20.4 Å². The van der Waals surface area contributed by atoms with Crippen molar-refractivity contribution < 1.29 is 28.7 Å². The van der Waals surface area contributed by atoms with Gasteiger partial charge in [-0.3, -0.25) is 19.3 Å². The maximum atomic E-state index is 13.6. The Kier molecular flexibility index (Phi) is 9.46. The third-order valence-corrected chi connectivity index (χ3v) is 6.20. The molecule has 4 unspecified atom stereocenters. The van der Waals surface area contributed by atoms with E-state index < -0.39 is 53.1 Å². The second-order valence-electron chi connectivity index (χ2n) is 11.5. The highest BCUT2D eigenvalue weighted by Gasteiger charge is 2.43. The van der Waals surface area contributed by atoms with Crippen LogP contribution in [0.2, 0.25) is 0 Å². The maximum Gasteiger partial charge on any atom is 0.410 e. The van der Waals surface area contributed by atoms with E-state index in [4.69, 9.17) is 4.74 Å². The summed E-state index contributed by atoms with van der Waals surface area (Å²) < 4.78 is 5.33. The Morgan fingerprint density at radius 3 is 2.19 bits per heavy atom. The van der Waals surface area contributed by atoms with Gasteiger partial charge in [-0.05, 0) is 51.7 Å². The second kappa shape index (κ2) is 11.7. The van der Waals surface area contributed by atoms with Crippen LogP contribution in [0.4, 0.5) is 4.79 Å². The van der Waals surface area contributed by atoms with Crippen LogP contribution in [0, 0.1) is 5.41 Å². The number of benzene rings is 1. The minimum atomic E-state index is -0.972. The number of hydrogen-bond donors (Lipinski definition) is 2. The van der Waals surface area contributed by atoms with Gasteiger partial charge in [0.1, 0.15) is 24.0 Å². The molecule has 4 amide bonds. The number of amides is 4. The van der Waals surface area contributed by atoms with Crippen molar-refractivity contribution in [3.63, 3.8) is 0 Å². The van der Waals surface area contributed by atoms with E-state index in [9.17, 15) is 24.0 Å². The molecule has 2 N–H and O–H groups in total. The molecule has 0 spiro atoms. The molecule has 10 heteroatoms. The summed E-state index contributed by atoms with van der Waals surface area (Å²) in [7, 11) is 1.45. The zero-order valence-electron chi connectivity index (χ0n) is 23.0. The number of likely N-dealkylation sites (N-methyl/N-ethyl adjacent to an activating group) is 1. The molecule has 1 aromatic rings. The van der Waals surface area contributed by atoms with Gasteiger partial charge in [0, 0.05) is 25.2 Å². The van der Waals surface area contributed by atoms with Crippen LogP contribution in [0.3, 0.4) is 0 Å². The van der Waals surface area contributed by atoms with Gasteiger partial charge in [-0.25, -0.2) is 4.79 Å². The molecule has 0 radical (unpaired) electrons. The van der Waals surface area contributed by atoms with Gasteiger partial charge in [-0.15, -0.1) is 0 Å². The average molecular weight is 517 g/mol. The summed E-state index contributed by atoms with van der Waals surface area (Å²) in [5, 5.41) is 5.67. The number of aldehydes is 1. The van der Waals surface area contributed by atoms with Crippen LogP contribution in [0.25, 0.3) is 0 Å². The first kappa shape index (κ1) is 29.8. The predicted molar refractivity (Wildman–Crippen MR) is 139 cm³/mol. The number of nitrogens with one attached hydrogen (secondary N) is 2. The van der Waals surface area contributed by atoms with Crippen LogP contribution in [0.5, 0.6) is 0 Å². The Morgan fingerprint density at radius 2 is 1.68 bits per heavy atom. The van der Waals surface area contributed by atoms with Crippen LogP contribution in [-0.4, -0.2) is 83.3 Å². The molecule has 1 fully saturated rings. The third-order valence-electron chi connectivity index (χ3n) is 6.20. The van der Waals surface area contributed by atoms with Gasteiger partial charge in [0.2, 0.25) is 11.8 Å². The highest BCUT2D eigenvalue weighted by atomic mass is 16.6. The van der Waals surface area contributed by atoms with E-state index in [1.54, 1.807) is 72.7 Å². The van der Waals surface area contributed by atoms with Crippen molar-refractivity contribution in [3.05, 3.63) is 35.9 Å². The molecule has 4 atom stereocenters. The number of likely N-dealkylation sites (tertiary alicyclic amines) is 1. The number of carbonyl (C=O) groups excluding carboxylic acids is 5. The minimum Gasteiger partial charge on any atom is -0.444 e. The Hall–Kier alpha value is -3.43. The summed E-state index contributed by atoms with van der Waals surface area (Å²) >= 11 is 0. The van der Waals surface area contributed by atoms with Crippen LogP contribution >= 0.6 is 0 Å². The molecule has 37 heavy (non-hydrogen) atoms. The number of hydrogen-bond acceptors (Lipinski definition) is 6. The molecular weight excluding hydrogens is 476 g/mol. The first-order chi connectivity index (χ1) is 17.0. The quantitative estimate of drug-likeness (QED) is 0.536. The van der Waals surface area contributed by atoms with Gasteiger partial charge in [0.15, 0.2) is 0 Å². The molecule has 0 saturated carbocycles. The van der Waals surface area contributed by atoms with Gasteiger partial charge in [-0.1, -0.05) is 39.0 Å². The SMILES string of the molecule is CC(C(=O)NC(C(=O)N1CC(NC(=O)c2ccccc2)CC1C=O)C(C)(C)C)N(C)C(=O)OC(C)(C)C. The molecule has 1 heterocycles. The summed E-state index contributed by atoms with van der Waals surface area (Å²) in [5.41, 5.74) is -0.939. The van der Waals surface area contributed by atoms with Crippen LogP contribution < -0.4 is 10.6 Å². The van der Waals surface area contributed by atoms with E-state index >= 15 is 0 Å². The fourth-order valence-electron chi connectivity index (χ4n) is 3.96. The van der Waals surface area contributed by atoms with E-state index in [0.717, 1.165) is 0 Å². The lowest BCUT2D eigenvalue weighted by molar-refractivity contribution is -0.142. The first-order valence-corrected chi connectivity index (χ1v) is 12.4. The lowest BCUT2D eigenvalue weighted by Crippen LogP contribution is -2.59. The standard InChI is InChI=1S/C27H40N4O6/c1-17(30(8)25(36)37-27(5,6)7)22(33)29-21(26(2,3)4)24(35)31-15-19(14-20(31)16-32)28-23(34)18-12-10-9-11-13-18/h9-13,16-17,19-21H,14-15H2,1-8H3,(H,28,34)(H,29,33). The minimum absolute atomic E-state index is 0.136. The summed E-state index contributed by atoms with van der Waals surface area (Å²) in [6, 6.07) is 5.65. The fourth-order valence-corrected chi connectivity index (χ4v) is 3.96. The number of ether oxygens (including phenoxy) is 1. The number of rotatable bonds is 7. The molecule has 1 aliphatic heterocycles. The average Bonchev–Trinajstić information content (AvgIpc) is 3.22. The lowest BCUT2D eigenvalue weighted by Gasteiger charge is -2.36. The van der Waals surface area contributed by atoms with Crippen molar-refractivity contribution in [2.24, 2.45) is 5.41 Å². The predicted octanol–water partition coefficient (Wildman–Crippen LogP) is 2.37. The molecule has 1 saturated heterocycles. The summed E-state index contributed by atoms with van der Waals surface area (Å²) in [6.07, 6.45) is 0.301. The van der Waals surface area contributed by atoms with Crippen molar-refractivity contribution >= 4 is 30.1 Å². The van der Waals surface area contributed by atoms with Crippen LogP contribution in [0.1, 0.15) is 65.2 Å². The molecule has 1 aliphatic rings. The molecule has 204 valence electrons. The molecule has 10 nitrogen and oxygen atoms in total. The van der Waals surface area contributed by atoms with E-state index in [2.05, 4.69) is 10.6 Å². The Balaban J connectivity index is 2.14. The summed E-state index contributed by atoms with van der Waals surface area (Å²) in [4.78, 5) is 66.2. The Morgan fingerprint density at radius 1 is 1.08 bits per heavy atom. The lowest BCUT2D eigenvalue weighted by atomic mass is 9.85. The zero-order valence-corrected chi connectivity index (χ0v) is 23.0. The van der Waals surface area contributed by atoms with Gasteiger partial charge < -0.3 is 25.1 Å². The fraction of sp³-hybridized carbons (Fsp3) is 0.593. The molecular formula is C27H40N4O6. The Bertz CT molecular complexity index is 998. The number of nitrogens with zero attached hydrogens (tertiary/aromatic N) is 2. The van der Waals surface area contributed by atoms with Crippen molar-refractivity contribution in [2.45, 2.75) is 84.7 Å². The van der Waals surface area contributed by atoms with Gasteiger partial charge in [0.25, 0.3) is 5.91 Å². The normalized spacial score (nSPS) is 19.4. The molecule has 0 aliphatic carbocycles. The smallest absolute Gasteiger partial charge is 0.410 e. The molecule has 1 aromatic carbocycles. The Labute approximate surface area is 219 Å². The molecule has 0 bridgehead atoms. The van der Waals surface area contributed by atoms with Crippen LogP contribution in [-0.2, 0) is 19.1 Å². The monoisotopic (exact) mass is 516 g/mol. The van der Waals surface area contributed by atoms with Gasteiger partial charge >= 0.3 is 6.09 Å². The highest BCUT2D eigenvalue weighted by molar-refractivity contribution is 5.95. The first-order valence-electron chi connectivity index (χ1n) is 12.4. The second-order valence-corrected chi connectivity index (χ2v) is 11.5. The summed E-state index contributed by atoms with van der Waals surface area (Å²) in [6.45, 7) is 12.3. The van der Waals surface area contributed by atoms with Gasteiger partial charge in [0.05, 0.1) is 6.04 Å². The summed E-state index contributed by atoms with van der Waals surface area (Å²) in [5.74, 6) is -1.25. The maximum absolute atomic E-state index is 13.6. The third kappa shape index (κ3) is 8.03. The van der Waals surface area contributed by atoms with E-state index in [1.807, 2.05) is 6.07 Å². The zero-order chi connectivity index (χ0) is 28.1. The van der Waals surface area contributed by atoms with Crippen LogP contribution in [0.15, 0.2) is 30.3 Å². The van der Waals surface area contributed by atoms with Crippen molar-refractivity contribution in [2.75, 3.05) is 13.6 Å². The van der Waals surface area contributed by atoms with Crippen molar-refractivity contribution in [1.29, 1.82) is 0 Å². The van der Waals surface area contributed by atoms with E-state index in [1.165, 1.54) is 16.8 Å². The number of carbonyl (C=O) groups is 5. The highest BCUT2D eigenvalue weighted by Crippen LogP contribution is 2.26. The van der Waals surface area contributed by atoms with E-state index in [-0.39, 0.29) is 18.9 Å². The van der Waals surface area contributed by atoms with Gasteiger partial charge in [-0.2, -0.15) is 0 Å².